The Kier molecular flexibility index (Phi) is 2.82. The maximum absolute atomic E-state index is 11.9. The second-order valence-electron chi connectivity index (χ2n) is 3.33. The third kappa shape index (κ3) is 1.75. The van der Waals surface area contributed by atoms with Crippen molar-refractivity contribution in [1.29, 1.82) is 0 Å². The van der Waals surface area contributed by atoms with Gasteiger partial charge >= 0.3 is 5.97 Å². The number of hydrogen-bond acceptors (Lipinski definition) is 5. The molecule has 2 rings (SSSR count). The third-order valence-corrected chi connectivity index (χ3v) is 3.58. The predicted molar refractivity (Wildman–Crippen MR) is 55.9 cm³/mol. The minimum Gasteiger partial charge on any atom is -0.480 e. The summed E-state index contributed by atoms with van der Waals surface area (Å²) in [4.78, 5) is 28.0. The van der Waals surface area contributed by atoms with Crippen LogP contribution in [0.4, 0.5) is 0 Å². The van der Waals surface area contributed by atoms with Crippen LogP contribution >= 0.6 is 11.8 Å². The largest absolute Gasteiger partial charge is 0.480 e. The zero-order valence-electron chi connectivity index (χ0n) is 8.45. The highest BCUT2D eigenvalue weighted by atomic mass is 32.2. The zero-order valence-corrected chi connectivity index (χ0v) is 9.27. The first-order chi connectivity index (χ1) is 7.61. The molecule has 0 spiro atoms. The van der Waals surface area contributed by atoms with E-state index < -0.39 is 17.9 Å². The minimum absolute atomic E-state index is 0.0700. The van der Waals surface area contributed by atoms with E-state index in [2.05, 4.69) is 15.2 Å². The summed E-state index contributed by atoms with van der Waals surface area (Å²) in [5, 5.41) is 14.8. The molecule has 1 amide bonds. The topological polar surface area (TPSA) is 99.2 Å². The highest BCUT2D eigenvalue weighted by Crippen LogP contribution is 2.29. The summed E-state index contributed by atoms with van der Waals surface area (Å²) in [6, 6.07) is -0.794. The number of hydrogen-bond donors (Lipinski definition) is 2. The third-order valence-electron chi connectivity index (χ3n) is 2.36. The zero-order chi connectivity index (χ0) is 11.7. The summed E-state index contributed by atoms with van der Waals surface area (Å²) in [5.74, 6) is -0.955. The van der Waals surface area contributed by atoms with E-state index >= 15 is 0 Å². The van der Waals surface area contributed by atoms with Gasteiger partial charge in [-0.3, -0.25) is 9.89 Å². The summed E-state index contributed by atoms with van der Waals surface area (Å²) in [7, 11) is 0. The van der Waals surface area contributed by atoms with Crippen molar-refractivity contribution in [3.63, 3.8) is 0 Å². The molecule has 0 aliphatic carbocycles. The van der Waals surface area contributed by atoms with Crippen LogP contribution in [0.15, 0.2) is 6.33 Å². The van der Waals surface area contributed by atoms with E-state index in [1.165, 1.54) is 23.0 Å². The van der Waals surface area contributed by atoms with Crippen LogP contribution in [0.1, 0.15) is 17.5 Å². The van der Waals surface area contributed by atoms with Gasteiger partial charge in [0.05, 0.1) is 5.37 Å². The summed E-state index contributed by atoms with van der Waals surface area (Å²) in [5.41, 5.74) is 0. The fraction of sp³-hybridized carbons (Fsp3) is 0.500. The summed E-state index contributed by atoms with van der Waals surface area (Å²) in [6.45, 7) is 1.79. The number of thioether (sulfide) groups is 1. The lowest BCUT2D eigenvalue weighted by Gasteiger charge is -2.23. The molecule has 1 aromatic heterocycles. The standard InChI is InChI=1S/C8H10N4O3S/c1-4-12(5(2-16-4)8(14)15)7(13)6-9-3-10-11-6/h3-5H,2H2,1H3,(H,14,15)(H,9,10,11). The summed E-state index contributed by atoms with van der Waals surface area (Å²) in [6.07, 6.45) is 1.22. The molecule has 16 heavy (non-hydrogen) atoms. The molecule has 1 aliphatic rings. The first-order valence-electron chi connectivity index (χ1n) is 4.63. The molecule has 1 aromatic rings. The average molecular weight is 242 g/mol. The van der Waals surface area contributed by atoms with Crippen LogP contribution in [-0.2, 0) is 4.79 Å². The molecule has 0 radical (unpaired) electrons. The molecule has 2 N–H and O–H groups in total. The second-order valence-corrected chi connectivity index (χ2v) is 4.68. The van der Waals surface area contributed by atoms with Gasteiger partial charge in [0.15, 0.2) is 0 Å². The Bertz CT molecular complexity index is 407. The van der Waals surface area contributed by atoms with Crippen molar-refractivity contribution in [2.45, 2.75) is 18.3 Å². The number of carboxylic acids is 1. The van der Waals surface area contributed by atoms with Crippen molar-refractivity contribution in [2.75, 3.05) is 5.75 Å². The molecule has 8 heteroatoms. The lowest BCUT2D eigenvalue weighted by Crippen LogP contribution is -2.45. The molecule has 1 fully saturated rings. The Morgan fingerprint density at radius 3 is 3.00 bits per heavy atom. The SMILES string of the molecule is CC1SCC(C(=O)O)N1C(=O)c1ncn[nH]1. The molecule has 0 saturated carbocycles. The molecular formula is C8H10N4O3S. The van der Waals surface area contributed by atoms with Crippen LogP contribution in [0.25, 0.3) is 0 Å². The van der Waals surface area contributed by atoms with E-state index in [0.29, 0.717) is 5.75 Å². The molecular weight excluding hydrogens is 232 g/mol. The monoisotopic (exact) mass is 242 g/mol. The number of carbonyl (C=O) groups excluding carboxylic acids is 1. The molecule has 2 atom stereocenters. The highest BCUT2D eigenvalue weighted by molar-refractivity contribution is 8.00. The number of carbonyl (C=O) groups is 2. The van der Waals surface area contributed by atoms with Gasteiger partial charge in [-0.25, -0.2) is 9.78 Å². The van der Waals surface area contributed by atoms with E-state index in [1.807, 2.05) is 0 Å². The van der Waals surface area contributed by atoms with E-state index in [9.17, 15) is 9.59 Å². The van der Waals surface area contributed by atoms with Crippen molar-refractivity contribution < 1.29 is 14.7 Å². The van der Waals surface area contributed by atoms with Gasteiger partial charge in [0.2, 0.25) is 5.82 Å². The summed E-state index contributed by atoms with van der Waals surface area (Å²) >= 11 is 1.43. The van der Waals surface area contributed by atoms with Crippen molar-refractivity contribution in [2.24, 2.45) is 0 Å². The van der Waals surface area contributed by atoms with Crippen LogP contribution in [0.2, 0.25) is 0 Å². The molecule has 1 aliphatic heterocycles. The van der Waals surface area contributed by atoms with Crippen LogP contribution in [0.3, 0.4) is 0 Å². The first-order valence-corrected chi connectivity index (χ1v) is 5.68. The second kappa shape index (κ2) is 4.12. The fourth-order valence-corrected chi connectivity index (χ4v) is 2.74. The van der Waals surface area contributed by atoms with Gasteiger partial charge in [-0.2, -0.15) is 5.10 Å². The number of aromatic nitrogens is 3. The molecule has 2 heterocycles. The fourth-order valence-electron chi connectivity index (χ4n) is 1.57. The van der Waals surface area contributed by atoms with E-state index in [0.717, 1.165) is 0 Å². The molecule has 2 unspecified atom stereocenters. The van der Waals surface area contributed by atoms with Gasteiger partial charge in [0.25, 0.3) is 5.91 Å². The number of amides is 1. The number of H-pyrrole nitrogens is 1. The number of carboxylic acid groups (broad SMARTS) is 1. The van der Waals surface area contributed by atoms with Gasteiger partial charge in [-0.15, -0.1) is 11.8 Å². The maximum Gasteiger partial charge on any atom is 0.327 e. The van der Waals surface area contributed by atoms with Crippen molar-refractivity contribution in [3.8, 4) is 0 Å². The minimum atomic E-state index is -0.996. The Morgan fingerprint density at radius 2 is 2.44 bits per heavy atom. The van der Waals surface area contributed by atoms with Crippen molar-refractivity contribution in [3.05, 3.63) is 12.2 Å². The maximum atomic E-state index is 11.9. The molecule has 86 valence electrons. The van der Waals surface area contributed by atoms with Gasteiger partial charge in [-0.05, 0) is 6.92 Å². The molecule has 7 nitrogen and oxygen atoms in total. The Labute approximate surface area is 95.2 Å². The smallest absolute Gasteiger partial charge is 0.327 e. The molecule has 0 aromatic carbocycles. The average Bonchev–Trinajstić information content (AvgIpc) is 2.84. The van der Waals surface area contributed by atoms with Gasteiger partial charge in [0, 0.05) is 5.75 Å². The lowest BCUT2D eigenvalue weighted by atomic mass is 10.2. The lowest BCUT2D eigenvalue weighted by molar-refractivity contribution is -0.141. The van der Waals surface area contributed by atoms with Gasteiger partial charge < -0.3 is 10.0 Å². The number of aromatic amines is 1. The highest BCUT2D eigenvalue weighted by Gasteiger charge is 2.40. The number of nitrogens with zero attached hydrogens (tertiary/aromatic N) is 3. The Balaban J connectivity index is 2.24. The van der Waals surface area contributed by atoms with Crippen LogP contribution in [0.5, 0.6) is 0 Å². The number of rotatable bonds is 2. The van der Waals surface area contributed by atoms with Crippen LogP contribution in [-0.4, -0.2) is 54.2 Å². The van der Waals surface area contributed by atoms with E-state index in [4.69, 9.17) is 5.11 Å². The summed E-state index contributed by atoms with van der Waals surface area (Å²) < 4.78 is 0. The Hall–Kier alpha value is -1.57. The quantitative estimate of drug-likeness (QED) is 0.744. The van der Waals surface area contributed by atoms with E-state index in [1.54, 1.807) is 6.92 Å². The predicted octanol–water partition coefficient (Wildman–Crippen LogP) is -0.207. The number of nitrogens with one attached hydrogen (secondary N) is 1. The van der Waals surface area contributed by atoms with E-state index in [-0.39, 0.29) is 11.2 Å². The van der Waals surface area contributed by atoms with Crippen LogP contribution < -0.4 is 0 Å². The molecule has 0 bridgehead atoms. The number of aliphatic carboxylic acids is 1. The first kappa shape index (κ1) is 10.9. The Morgan fingerprint density at radius 1 is 1.69 bits per heavy atom. The van der Waals surface area contributed by atoms with Crippen molar-refractivity contribution >= 4 is 23.6 Å². The van der Waals surface area contributed by atoms with Gasteiger partial charge in [-0.1, -0.05) is 0 Å². The van der Waals surface area contributed by atoms with Crippen LogP contribution in [0, 0.1) is 0 Å². The normalized spacial score (nSPS) is 24.7. The van der Waals surface area contributed by atoms with Gasteiger partial charge in [0.1, 0.15) is 12.4 Å². The van der Waals surface area contributed by atoms with Crippen molar-refractivity contribution in [1.82, 2.24) is 20.1 Å². The molecule has 1 saturated heterocycles.